The Labute approximate surface area is 162 Å². The van der Waals surface area contributed by atoms with Gasteiger partial charge in [-0.25, -0.2) is 0 Å². The van der Waals surface area contributed by atoms with Crippen molar-refractivity contribution in [2.24, 2.45) is 5.92 Å². The van der Waals surface area contributed by atoms with E-state index in [0.29, 0.717) is 29.8 Å². The highest BCUT2D eigenvalue weighted by Crippen LogP contribution is 2.32. The lowest BCUT2D eigenvalue weighted by molar-refractivity contribution is -0.136. The third-order valence-corrected chi connectivity index (χ3v) is 6.40. The van der Waals surface area contributed by atoms with E-state index in [1.165, 1.54) is 12.8 Å². The molecule has 8 heteroatoms. The van der Waals surface area contributed by atoms with Crippen molar-refractivity contribution >= 4 is 23.6 Å². The molecule has 1 aromatic rings. The van der Waals surface area contributed by atoms with Crippen LogP contribution in [0.15, 0.2) is 18.2 Å². The van der Waals surface area contributed by atoms with Gasteiger partial charge in [-0.05, 0) is 49.4 Å². The molecule has 28 heavy (non-hydrogen) atoms. The van der Waals surface area contributed by atoms with Crippen LogP contribution in [0.4, 0.5) is 0 Å². The number of nitrogens with one attached hydrogen (secondary N) is 3. The summed E-state index contributed by atoms with van der Waals surface area (Å²) in [5, 5.41) is 9.29. The third-order valence-electron chi connectivity index (χ3n) is 6.40. The van der Waals surface area contributed by atoms with Crippen molar-refractivity contribution in [1.29, 1.82) is 0 Å². The van der Waals surface area contributed by atoms with Crippen LogP contribution in [0.25, 0.3) is 0 Å². The molecule has 8 nitrogen and oxygen atoms in total. The second kappa shape index (κ2) is 6.49. The number of hydrogen-bond donors (Lipinski definition) is 3. The van der Waals surface area contributed by atoms with E-state index in [-0.39, 0.29) is 18.7 Å². The minimum absolute atomic E-state index is 0.122. The number of hydrogen-bond acceptors (Lipinski definition) is 6. The minimum atomic E-state index is -0.924. The van der Waals surface area contributed by atoms with Gasteiger partial charge < -0.3 is 10.6 Å². The van der Waals surface area contributed by atoms with Crippen LogP contribution < -0.4 is 16.0 Å². The van der Waals surface area contributed by atoms with Crippen LogP contribution in [0.3, 0.4) is 0 Å². The first-order chi connectivity index (χ1) is 13.5. The van der Waals surface area contributed by atoms with Gasteiger partial charge in [-0.15, -0.1) is 0 Å². The molecular weight excluding hydrogens is 360 g/mol. The van der Waals surface area contributed by atoms with Gasteiger partial charge in [0.25, 0.3) is 11.8 Å². The normalized spacial score (nSPS) is 31.5. The Morgan fingerprint density at radius 3 is 2.61 bits per heavy atom. The van der Waals surface area contributed by atoms with E-state index in [2.05, 4.69) is 16.0 Å². The largest absolute Gasteiger partial charge is 0.312 e. The lowest BCUT2D eigenvalue weighted by Gasteiger charge is -2.27. The first-order valence-corrected chi connectivity index (χ1v) is 9.82. The first kappa shape index (κ1) is 17.5. The molecule has 2 saturated heterocycles. The average molecular weight is 382 g/mol. The maximum atomic E-state index is 12.9. The number of carbonyl (C=O) groups is 4. The molecule has 2 bridgehead atoms. The van der Waals surface area contributed by atoms with Gasteiger partial charge in [0.05, 0.1) is 11.1 Å². The predicted molar refractivity (Wildman–Crippen MR) is 98.3 cm³/mol. The monoisotopic (exact) mass is 382 g/mol. The zero-order valence-electron chi connectivity index (χ0n) is 15.4. The van der Waals surface area contributed by atoms with Crippen LogP contribution in [-0.2, 0) is 16.1 Å². The Morgan fingerprint density at radius 1 is 1.07 bits per heavy atom. The molecule has 4 atom stereocenters. The van der Waals surface area contributed by atoms with E-state index >= 15 is 0 Å². The molecule has 1 aromatic carbocycles. The van der Waals surface area contributed by atoms with Gasteiger partial charge >= 0.3 is 0 Å². The average Bonchev–Trinajstić information content (AvgIpc) is 3.36. The Morgan fingerprint density at radius 2 is 1.89 bits per heavy atom. The summed E-state index contributed by atoms with van der Waals surface area (Å²) in [7, 11) is 0. The molecule has 146 valence electrons. The van der Waals surface area contributed by atoms with Crippen LogP contribution in [0.5, 0.6) is 0 Å². The molecule has 1 unspecified atom stereocenters. The van der Waals surface area contributed by atoms with Gasteiger partial charge in [-0.3, -0.25) is 29.4 Å². The summed E-state index contributed by atoms with van der Waals surface area (Å²) < 4.78 is 0. The molecular formula is C20H22N4O4. The topological polar surface area (TPSA) is 108 Å². The SMILES string of the molecule is O=C1CCC(N2C(=O)c3ccc(CN[C@@H]4C[C@H]5CN[C@@H]4C5)cc3C2=O)C(=O)N1. The fourth-order valence-corrected chi connectivity index (χ4v) is 4.96. The summed E-state index contributed by atoms with van der Waals surface area (Å²) in [4.78, 5) is 50.1. The highest BCUT2D eigenvalue weighted by molar-refractivity contribution is 6.23. The van der Waals surface area contributed by atoms with Gasteiger partial charge in [0.2, 0.25) is 11.8 Å². The molecule has 0 radical (unpaired) electrons. The molecule has 0 aromatic heterocycles. The highest BCUT2D eigenvalue weighted by atomic mass is 16.2. The molecule has 1 aliphatic carbocycles. The number of imide groups is 2. The van der Waals surface area contributed by atoms with Gasteiger partial charge in [0.15, 0.2) is 0 Å². The van der Waals surface area contributed by atoms with Crippen LogP contribution >= 0.6 is 0 Å². The molecule has 1 saturated carbocycles. The van der Waals surface area contributed by atoms with E-state index < -0.39 is 23.8 Å². The number of amides is 4. The first-order valence-electron chi connectivity index (χ1n) is 9.82. The van der Waals surface area contributed by atoms with E-state index in [0.717, 1.165) is 22.9 Å². The maximum Gasteiger partial charge on any atom is 0.262 e. The number of rotatable bonds is 4. The minimum Gasteiger partial charge on any atom is -0.312 e. The van der Waals surface area contributed by atoms with Gasteiger partial charge in [-0.2, -0.15) is 0 Å². The molecule has 3 N–H and O–H groups in total. The van der Waals surface area contributed by atoms with E-state index in [1.807, 2.05) is 6.07 Å². The summed E-state index contributed by atoms with van der Waals surface area (Å²) in [6.07, 6.45) is 2.68. The smallest absolute Gasteiger partial charge is 0.262 e. The zero-order valence-corrected chi connectivity index (χ0v) is 15.4. The van der Waals surface area contributed by atoms with Crippen LogP contribution in [0.2, 0.25) is 0 Å². The third kappa shape index (κ3) is 2.75. The van der Waals surface area contributed by atoms with Crippen LogP contribution in [0, 0.1) is 5.92 Å². The molecule has 3 heterocycles. The van der Waals surface area contributed by atoms with Crippen molar-refractivity contribution in [2.75, 3.05) is 6.54 Å². The highest BCUT2D eigenvalue weighted by Gasteiger charge is 2.44. The molecule has 3 fully saturated rings. The standard InChI is InChI=1S/C20H22N4O4/c25-17-4-3-16(18(26)23-17)24-19(27)12-2-1-10(5-13(12)20(24)28)8-21-14-6-11-7-15(14)22-9-11/h1-2,5,11,14-16,21-22H,3-4,6-9H2,(H,23,25,26)/t11-,14-,15-,16?/m1/s1. The Hall–Kier alpha value is -2.58. The number of piperidine rings is 2. The summed E-state index contributed by atoms with van der Waals surface area (Å²) in [6, 6.07) is 5.29. The van der Waals surface area contributed by atoms with Crippen molar-refractivity contribution in [2.45, 2.75) is 50.4 Å². The number of fused-ring (bicyclic) bond motifs is 3. The van der Waals surface area contributed by atoms with Crippen LogP contribution in [-0.4, -0.2) is 53.2 Å². The lowest BCUT2D eigenvalue weighted by atomic mass is 10.0. The molecule has 0 spiro atoms. The maximum absolute atomic E-state index is 12.9. The number of benzene rings is 1. The van der Waals surface area contributed by atoms with E-state index in [4.69, 9.17) is 0 Å². The lowest BCUT2D eigenvalue weighted by Crippen LogP contribution is -2.54. The second-order valence-electron chi connectivity index (χ2n) is 8.17. The van der Waals surface area contributed by atoms with Gasteiger partial charge in [0.1, 0.15) is 6.04 Å². The second-order valence-corrected chi connectivity index (χ2v) is 8.17. The Balaban J connectivity index is 1.31. The van der Waals surface area contributed by atoms with Crippen molar-refractivity contribution in [1.82, 2.24) is 20.9 Å². The summed E-state index contributed by atoms with van der Waals surface area (Å²) in [6.45, 7) is 1.73. The number of carbonyl (C=O) groups excluding carboxylic acids is 4. The van der Waals surface area contributed by atoms with Crippen molar-refractivity contribution in [3.05, 3.63) is 34.9 Å². The zero-order chi connectivity index (χ0) is 19.4. The van der Waals surface area contributed by atoms with Gasteiger partial charge in [0, 0.05) is 25.0 Å². The molecule has 5 rings (SSSR count). The van der Waals surface area contributed by atoms with E-state index in [9.17, 15) is 19.2 Å². The van der Waals surface area contributed by atoms with Crippen LogP contribution in [0.1, 0.15) is 52.0 Å². The Kier molecular flexibility index (Phi) is 4.06. The summed E-state index contributed by atoms with van der Waals surface area (Å²) in [5.74, 6) is -1.13. The predicted octanol–water partition coefficient (Wildman–Crippen LogP) is -0.0722. The van der Waals surface area contributed by atoms with Gasteiger partial charge in [-0.1, -0.05) is 6.07 Å². The Bertz CT molecular complexity index is 898. The fourth-order valence-electron chi connectivity index (χ4n) is 4.96. The van der Waals surface area contributed by atoms with Crippen molar-refractivity contribution < 1.29 is 19.2 Å². The molecule has 4 amide bonds. The van der Waals surface area contributed by atoms with Crippen molar-refractivity contribution in [3.63, 3.8) is 0 Å². The molecule has 3 aliphatic heterocycles. The quantitative estimate of drug-likeness (QED) is 0.629. The summed E-state index contributed by atoms with van der Waals surface area (Å²) >= 11 is 0. The van der Waals surface area contributed by atoms with E-state index in [1.54, 1.807) is 12.1 Å². The number of nitrogens with zero attached hydrogens (tertiary/aromatic N) is 1. The van der Waals surface area contributed by atoms with Crippen molar-refractivity contribution in [3.8, 4) is 0 Å². The summed E-state index contributed by atoms with van der Waals surface area (Å²) in [5.41, 5.74) is 1.59. The molecule has 4 aliphatic rings. The fraction of sp³-hybridized carbons (Fsp3) is 0.500.